The van der Waals surface area contributed by atoms with Crippen LogP contribution >= 0.6 is 11.8 Å². The van der Waals surface area contributed by atoms with Gasteiger partial charge in [0, 0.05) is 12.4 Å². The maximum atomic E-state index is 10.5. The van der Waals surface area contributed by atoms with Crippen molar-refractivity contribution in [1.82, 2.24) is 10.2 Å². The molecule has 0 aromatic carbocycles. The summed E-state index contributed by atoms with van der Waals surface area (Å²) in [5.41, 5.74) is -0.0264. The molecule has 1 aromatic rings. The predicted molar refractivity (Wildman–Crippen MR) is 58.7 cm³/mol. The topological polar surface area (TPSA) is 72.3 Å². The number of nitrogens with zero attached hydrogens (tertiary/aromatic N) is 2. The van der Waals surface area contributed by atoms with E-state index in [4.69, 9.17) is 9.84 Å². The van der Waals surface area contributed by atoms with Gasteiger partial charge in [-0.2, -0.15) is 0 Å². The molecule has 0 spiro atoms. The monoisotopic (exact) mass is 240 g/mol. The van der Waals surface area contributed by atoms with E-state index in [2.05, 4.69) is 10.2 Å². The molecular formula is C10H12N2O3S. The van der Waals surface area contributed by atoms with Crippen LogP contribution in [-0.2, 0) is 4.74 Å². The van der Waals surface area contributed by atoms with Gasteiger partial charge in [-0.1, -0.05) is 0 Å². The van der Waals surface area contributed by atoms with Crippen LogP contribution in [-0.4, -0.2) is 39.7 Å². The van der Waals surface area contributed by atoms with Gasteiger partial charge in [-0.3, -0.25) is 0 Å². The first-order valence-electron chi connectivity index (χ1n) is 5.07. The van der Waals surface area contributed by atoms with Crippen molar-refractivity contribution in [2.24, 2.45) is 0 Å². The largest absolute Gasteiger partial charge is 0.476 e. The number of hydrogen-bond acceptors (Lipinski definition) is 5. The third-order valence-corrected chi connectivity index (χ3v) is 3.35. The summed E-state index contributed by atoms with van der Waals surface area (Å²) in [5, 5.41) is 16.8. The average Bonchev–Trinajstić information content (AvgIpc) is 2.80. The molecule has 1 aliphatic rings. The van der Waals surface area contributed by atoms with Crippen molar-refractivity contribution in [2.45, 2.75) is 24.0 Å². The van der Waals surface area contributed by atoms with Crippen LogP contribution in [0.4, 0.5) is 0 Å². The van der Waals surface area contributed by atoms with E-state index in [1.54, 1.807) is 17.8 Å². The average molecular weight is 240 g/mol. The van der Waals surface area contributed by atoms with Crippen molar-refractivity contribution in [1.29, 1.82) is 0 Å². The lowest BCUT2D eigenvalue weighted by Gasteiger charge is -2.07. The maximum absolute atomic E-state index is 10.5. The van der Waals surface area contributed by atoms with Crippen LogP contribution in [0.5, 0.6) is 0 Å². The molecule has 1 unspecified atom stereocenters. The summed E-state index contributed by atoms with van der Waals surface area (Å²) in [4.78, 5) is 10.5. The zero-order valence-electron chi connectivity index (χ0n) is 8.63. The summed E-state index contributed by atoms with van der Waals surface area (Å²) in [7, 11) is 0. The van der Waals surface area contributed by atoms with Crippen molar-refractivity contribution in [2.75, 3.05) is 12.4 Å². The zero-order valence-corrected chi connectivity index (χ0v) is 9.44. The highest BCUT2D eigenvalue weighted by Crippen LogP contribution is 2.21. The molecule has 1 atom stereocenters. The molecule has 6 heteroatoms. The number of aromatic carboxylic acids is 1. The minimum Gasteiger partial charge on any atom is -0.476 e. The molecule has 1 N–H and O–H groups in total. The van der Waals surface area contributed by atoms with Crippen molar-refractivity contribution >= 4 is 17.7 Å². The van der Waals surface area contributed by atoms with E-state index >= 15 is 0 Å². The zero-order chi connectivity index (χ0) is 11.4. The second-order valence-electron chi connectivity index (χ2n) is 3.51. The molecule has 0 amide bonds. The number of aromatic nitrogens is 2. The van der Waals surface area contributed by atoms with Gasteiger partial charge in [0.05, 0.1) is 6.10 Å². The molecule has 0 aliphatic carbocycles. The van der Waals surface area contributed by atoms with E-state index in [0.29, 0.717) is 6.10 Å². The number of ether oxygens (including phenoxy) is 1. The Morgan fingerprint density at radius 2 is 2.44 bits per heavy atom. The third kappa shape index (κ3) is 2.93. The quantitative estimate of drug-likeness (QED) is 0.803. The molecule has 0 saturated carbocycles. The van der Waals surface area contributed by atoms with Gasteiger partial charge in [0.2, 0.25) is 0 Å². The van der Waals surface area contributed by atoms with Gasteiger partial charge in [-0.05, 0) is 25.0 Å². The minimum atomic E-state index is -1.05. The SMILES string of the molecule is O=C(O)c1ccc(SCC2CCCO2)nn1. The molecule has 1 saturated heterocycles. The van der Waals surface area contributed by atoms with Crippen LogP contribution in [0.3, 0.4) is 0 Å². The van der Waals surface area contributed by atoms with Crippen molar-refractivity contribution in [3.05, 3.63) is 17.8 Å². The minimum absolute atomic E-state index is 0.0264. The van der Waals surface area contributed by atoms with E-state index in [1.165, 1.54) is 6.07 Å². The van der Waals surface area contributed by atoms with Gasteiger partial charge < -0.3 is 9.84 Å². The summed E-state index contributed by atoms with van der Waals surface area (Å²) in [6.45, 7) is 0.842. The Balaban J connectivity index is 1.87. The molecule has 0 bridgehead atoms. The first kappa shape index (κ1) is 11.3. The van der Waals surface area contributed by atoms with Crippen LogP contribution < -0.4 is 0 Å². The lowest BCUT2D eigenvalue weighted by molar-refractivity contribution is 0.0689. The first-order chi connectivity index (χ1) is 7.75. The third-order valence-electron chi connectivity index (χ3n) is 2.30. The van der Waals surface area contributed by atoms with Crippen molar-refractivity contribution < 1.29 is 14.6 Å². The van der Waals surface area contributed by atoms with E-state index in [-0.39, 0.29) is 5.69 Å². The molecule has 1 aliphatic heterocycles. The van der Waals surface area contributed by atoms with Crippen LogP contribution in [0, 0.1) is 0 Å². The first-order valence-corrected chi connectivity index (χ1v) is 6.05. The van der Waals surface area contributed by atoms with Crippen LogP contribution in [0.15, 0.2) is 17.2 Å². The van der Waals surface area contributed by atoms with Gasteiger partial charge in [-0.25, -0.2) is 4.79 Å². The van der Waals surface area contributed by atoms with Gasteiger partial charge in [0.15, 0.2) is 5.69 Å². The van der Waals surface area contributed by atoms with Crippen molar-refractivity contribution in [3.63, 3.8) is 0 Å². The summed E-state index contributed by atoms with van der Waals surface area (Å²) >= 11 is 1.55. The summed E-state index contributed by atoms with van der Waals surface area (Å²) < 4.78 is 5.47. The fourth-order valence-corrected chi connectivity index (χ4v) is 2.35. The fraction of sp³-hybridized carbons (Fsp3) is 0.500. The Morgan fingerprint density at radius 3 is 3.00 bits per heavy atom. The van der Waals surface area contributed by atoms with E-state index in [0.717, 1.165) is 30.2 Å². The number of carbonyl (C=O) groups is 1. The molecule has 2 heterocycles. The number of hydrogen-bond donors (Lipinski definition) is 1. The maximum Gasteiger partial charge on any atom is 0.356 e. The van der Waals surface area contributed by atoms with E-state index in [1.807, 2.05) is 0 Å². The molecule has 86 valence electrons. The Hall–Kier alpha value is -1.14. The summed E-state index contributed by atoms with van der Waals surface area (Å²) in [6.07, 6.45) is 2.51. The highest BCUT2D eigenvalue weighted by molar-refractivity contribution is 7.99. The number of carboxylic acid groups (broad SMARTS) is 1. The number of thioether (sulfide) groups is 1. The molecule has 16 heavy (non-hydrogen) atoms. The molecule has 5 nitrogen and oxygen atoms in total. The van der Waals surface area contributed by atoms with Crippen LogP contribution in [0.1, 0.15) is 23.3 Å². The van der Waals surface area contributed by atoms with Gasteiger partial charge in [0.25, 0.3) is 0 Å². The number of carboxylic acids is 1. The van der Waals surface area contributed by atoms with E-state index in [9.17, 15) is 4.79 Å². The normalized spacial score (nSPS) is 19.9. The Kier molecular flexibility index (Phi) is 3.74. The lowest BCUT2D eigenvalue weighted by atomic mass is 10.3. The summed E-state index contributed by atoms with van der Waals surface area (Å²) in [5.74, 6) is -0.204. The Morgan fingerprint density at radius 1 is 1.56 bits per heavy atom. The van der Waals surface area contributed by atoms with Gasteiger partial charge in [0.1, 0.15) is 5.03 Å². The standard InChI is InChI=1S/C10H12N2O3S/c13-10(14)8-3-4-9(12-11-8)16-6-7-2-1-5-15-7/h3-4,7H,1-2,5-6H2,(H,13,14). The second-order valence-corrected chi connectivity index (χ2v) is 4.55. The highest BCUT2D eigenvalue weighted by atomic mass is 32.2. The number of rotatable bonds is 4. The highest BCUT2D eigenvalue weighted by Gasteiger charge is 2.16. The van der Waals surface area contributed by atoms with E-state index < -0.39 is 5.97 Å². The predicted octanol–water partition coefficient (Wildman–Crippen LogP) is 1.45. The molecule has 0 radical (unpaired) electrons. The van der Waals surface area contributed by atoms with Crippen LogP contribution in [0.2, 0.25) is 0 Å². The lowest BCUT2D eigenvalue weighted by Crippen LogP contribution is -2.08. The Labute approximate surface area is 97.2 Å². The molecule has 1 aromatic heterocycles. The molecule has 1 fully saturated rings. The Bertz CT molecular complexity index is 363. The smallest absolute Gasteiger partial charge is 0.356 e. The van der Waals surface area contributed by atoms with Gasteiger partial charge >= 0.3 is 5.97 Å². The fourth-order valence-electron chi connectivity index (χ4n) is 1.47. The van der Waals surface area contributed by atoms with Crippen LogP contribution in [0.25, 0.3) is 0 Å². The van der Waals surface area contributed by atoms with Gasteiger partial charge in [-0.15, -0.1) is 22.0 Å². The second kappa shape index (κ2) is 5.27. The van der Waals surface area contributed by atoms with Crippen molar-refractivity contribution in [3.8, 4) is 0 Å². The molecule has 2 rings (SSSR count). The molecular weight excluding hydrogens is 228 g/mol. The summed E-state index contributed by atoms with van der Waals surface area (Å²) in [6, 6.07) is 3.14.